The molecule has 0 radical (unpaired) electrons. The summed E-state index contributed by atoms with van der Waals surface area (Å²) in [5.74, 6) is 0.580. The average molecular weight is 279 g/mol. The van der Waals surface area contributed by atoms with Gasteiger partial charge in [-0.1, -0.05) is 24.3 Å². The van der Waals surface area contributed by atoms with Crippen LogP contribution >= 0.6 is 0 Å². The minimum Gasteiger partial charge on any atom is -0.481 e. The molecule has 0 unspecified atom stereocenters. The third kappa shape index (κ3) is 2.52. The first-order chi connectivity index (χ1) is 10.2. The third-order valence-corrected chi connectivity index (χ3v) is 3.42. The highest BCUT2D eigenvalue weighted by Crippen LogP contribution is 2.27. The Morgan fingerprint density at radius 2 is 1.86 bits per heavy atom. The van der Waals surface area contributed by atoms with Gasteiger partial charge >= 0.3 is 0 Å². The molecule has 0 fully saturated rings. The van der Waals surface area contributed by atoms with E-state index in [1.807, 2.05) is 35.9 Å². The van der Waals surface area contributed by atoms with Crippen LogP contribution in [0.4, 0.5) is 0 Å². The summed E-state index contributed by atoms with van der Waals surface area (Å²) in [6.07, 6.45) is 1.73. The minimum absolute atomic E-state index is 0.580. The van der Waals surface area contributed by atoms with Crippen molar-refractivity contribution in [1.82, 2.24) is 14.8 Å². The fourth-order valence-corrected chi connectivity index (χ4v) is 2.39. The van der Waals surface area contributed by atoms with E-state index in [9.17, 15) is 0 Å². The Morgan fingerprint density at radius 1 is 1.05 bits per heavy atom. The van der Waals surface area contributed by atoms with Crippen LogP contribution in [-0.4, -0.2) is 21.9 Å². The van der Waals surface area contributed by atoms with E-state index in [4.69, 9.17) is 4.74 Å². The Balaban J connectivity index is 2.18. The van der Waals surface area contributed by atoms with E-state index in [1.54, 1.807) is 13.3 Å². The zero-order chi connectivity index (χ0) is 14.8. The van der Waals surface area contributed by atoms with Crippen molar-refractivity contribution in [3.05, 3.63) is 59.9 Å². The first kappa shape index (κ1) is 13.4. The van der Waals surface area contributed by atoms with Gasteiger partial charge in [0.2, 0.25) is 5.88 Å². The topological polar surface area (TPSA) is 39.9 Å². The van der Waals surface area contributed by atoms with E-state index < -0.39 is 0 Å². The van der Waals surface area contributed by atoms with Gasteiger partial charge in [-0.2, -0.15) is 5.10 Å². The number of rotatable bonds is 3. The predicted octanol–water partition coefficient (Wildman–Crippen LogP) is 3.56. The van der Waals surface area contributed by atoms with Crippen molar-refractivity contribution in [2.45, 2.75) is 13.8 Å². The van der Waals surface area contributed by atoms with Crippen LogP contribution in [0.5, 0.6) is 5.88 Å². The minimum atomic E-state index is 0.580. The number of aryl methyl sites for hydroxylation is 2. The summed E-state index contributed by atoms with van der Waals surface area (Å²) in [6, 6.07) is 14.2. The standard InChI is InChI=1S/C17H17N3O/c1-12-6-4-5-7-15(12)16-10-13(2)19-20(16)14-8-9-18-17(11-14)21-3/h4-11H,1-3H3. The van der Waals surface area contributed by atoms with Gasteiger partial charge in [-0.15, -0.1) is 0 Å². The van der Waals surface area contributed by atoms with Crippen molar-refractivity contribution >= 4 is 0 Å². The van der Waals surface area contributed by atoms with Gasteiger partial charge in [0.05, 0.1) is 24.2 Å². The lowest BCUT2D eigenvalue weighted by atomic mass is 10.1. The molecule has 4 heteroatoms. The zero-order valence-electron chi connectivity index (χ0n) is 12.4. The van der Waals surface area contributed by atoms with Crippen LogP contribution in [-0.2, 0) is 0 Å². The van der Waals surface area contributed by atoms with E-state index in [-0.39, 0.29) is 0 Å². The van der Waals surface area contributed by atoms with E-state index in [1.165, 1.54) is 11.1 Å². The molecule has 0 saturated carbocycles. The molecule has 0 aliphatic rings. The van der Waals surface area contributed by atoms with Gasteiger partial charge in [0.1, 0.15) is 0 Å². The maximum atomic E-state index is 5.20. The Labute approximate surface area is 124 Å². The van der Waals surface area contributed by atoms with E-state index in [0.29, 0.717) is 5.88 Å². The maximum Gasteiger partial charge on any atom is 0.215 e. The molecular formula is C17H17N3O. The molecule has 3 aromatic rings. The van der Waals surface area contributed by atoms with Crippen LogP contribution < -0.4 is 4.74 Å². The highest BCUT2D eigenvalue weighted by Gasteiger charge is 2.12. The lowest BCUT2D eigenvalue weighted by Gasteiger charge is -2.10. The maximum absolute atomic E-state index is 5.20. The van der Waals surface area contributed by atoms with E-state index in [0.717, 1.165) is 17.1 Å². The fraction of sp³-hybridized carbons (Fsp3) is 0.176. The Bertz CT molecular complexity index is 777. The second-order valence-corrected chi connectivity index (χ2v) is 4.95. The van der Waals surface area contributed by atoms with Crippen LogP contribution in [0, 0.1) is 13.8 Å². The quantitative estimate of drug-likeness (QED) is 0.736. The predicted molar refractivity (Wildman–Crippen MR) is 82.8 cm³/mol. The molecule has 0 atom stereocenters. The number of benzene rings is 1. The van der Waals surface area contributed by atoms with Crippen LogP contribution in [0.3, 0.4) is 0 Å². The molecule has 21 heavy (non-hydrogen) atoms. The summed E-state index contributed by atoms with van der Waals surface area (Å²) >= 11 is 0. The second-order valence-electron chi connectivity index (χ2n) is 4.95. The molecule has 0 spiro atoms. The third-order valence-electron chi connectivity index (χ3n) is 3.42. The van der Waals surface area contributed by atoms with Gasteiger partial charge in [0.25, 0.3) is 0 Å². The highest BCUT2D eigenvalue weighted by atomic mass is 16.5. The lowest BCUT2D eigenvalue weighted by Crippen LogP contribution is -2.01. The Morgan fingerprint density at radius 3 is 2.62 bits per heavy atom. The molecular weight excluding hydrogens is 262 g/mol. The number of hydrogen-bond acceptors (Lipinski definition) is 3. The average Bonchev–Trinajstić information content (AvgIpc) is 2.89. The van der Waals surface area contributed by atoms with E-state index in [2.05, 4.69) is 35.2 Å². The van der Waals surface area contributed by atoms with Gasteiger partial charge in [-0.05, 0) is 31.5 Å². The number of hydrogen-bond donors (Lipinski definition) is 0. The molecule has 0 aliphatic carbocycles. The molecule has 0 N–H and O–H groups in total. The molecule has 4 nitrogen and oxygen atoms in total. The second kappa shape index (κ2) is 5.40. The number of aromatic nitrogens is 3. The Kier molecular flexibility index (Phi) is 3.44. The summed E-state index contributed by atoms with van der Waals surface area (Å²) in [5.41, 5.74) is 5.38. The molecule has 0 saturated heterocycles. The summed E-state index contributed by atoms with van der Waals surface area (Å²) < 4.78 is 7.13. The summed E-state index contributed by atoms with van der Waals surface area (Å²) in [5, 5.41) is 4.61. The van der Waals surface area contributed by atoms with Crippen molar-refractivity contribution in [3.63, 3.8) is 0 Å². The molecule has 0 aliphatic heterocycles. The monoisotopic (exact) mass is 279 g/mol. The molecule has 2 heterocycles. The van der Waals surface area contributed by atoms with Crippen molar-refractivity contribution in [2.75, 3.05) is 7.11 Å². The summed E-state index contributed by atoms with van der Waals surface area (Å²) in [7, 11) is 1.61. The highest BCUT2D eigenvalue weighted by molar-refractivity contribution is 5.66. The van der Waals surface area contributed by atoms with Crippen LogP contribution in [0.1, 0.15) is 11.3 Å². The SMILES string of the molecule is COc1cc(-n2nc(C)cc2-c2ccccc2C)ccn1. The molecule has 0 amide bonds. The van der Waals surface area contributed by atoms with Crippen molar-refractivity contribution in [1.29, 1.82) is 0 Å². The number of methoxy groups -OCH3 is 1. The largest absolute Gasteiger partial charge is 0.481 e. The first-order valence-electron chi connectivity index (χ1n) is 6.82. The zero-order valence-corrected chi connectivity index (χ0v) is 12.4. The smallest absolute Gasteiger partial charge is 0.215 e. The molecule has 106 valence electrons. The van der Waals surface area contributed by atoms with Crippen molar-refractivity contribution in [3.8, 4) is 22.8 Å². The van der Waals surface area contributed by atoms with Gasteiger partial charge in [-0.25, -0.2) is 9.67 Å². The first-order valence-corrected chi connectivity index (χ1v) is 6.82. The summed E-state index contributed by atoms with van der Waals surface area (Å²) in [4.78, 5) is 4.15. The van der Waals surface area contributed by atoms with E-state index >= 15 is 0 Å². The summed E-state index contributed by atoms with van der Waals surface area (Å²) in [6.45, 7) is 4.10. The Hall–Kier alpha value is -2.62. The van der Waals surface area contributed by atoms with Crippen molar-refractivity contribution in [2.24, 2.45) is 0 Å². The number of pyridine rings is 1. The molecule has 1 aromatic carbocycles. The van der Waals surface area contributed by atoms with Crippen LogP contribution in [0.15, 0.2) is 48.7 Å². The van der Waals surface area contributed by atoms with Gasteiger partial charge in [-0.3, -0.25) is 0 Å². The molecule has 3 rings (SSSR count). The molecule has 2 aromatic heterocycles. The van der Waals surface area contributed by atoms with Crippen LogP contribution in [0.25, 0.3) is 16.9 Å². The van der Waals surface area contributed by atoms with Gasteiger partial charge in [0.15, 0.2) is 0 Å². The van der Waals surface area contributed by atoms with Gasteiger partial charge in [0, 0.05) is 17.8 Å². The molecule has 0 bridgehead atoms. The normalized spacial score (nSPS) is 10.6. The number of ether oxygens (including phenoxy) is 1. The fourth-order valence-electron chi connectivity index (χ4n) is 2.39. The number of nitrogens with zero attached hydrogens (tertiary/aromatic N) is 3. The van der Waals surface area contributed by atoms with Crippen LogP contribution in [0.2, 0.25) is 0 Å². The lowest BCUT2D eigenvalue weighted by molar-refractivity contribution is 0.397. The van der Waals surface area contributed by atoms with Crippen molar-refractivity contribution < 1.29 is 4.74 Å². The van der Waals surface area contributed by atoms with Gasteiger partial charge < -0.3 is 4.74 Å².